The third kappa shape index (κ3) is 2.62. The Morgan fingerprint density at radius 3 is 2.95 bits per heavy atom. The van der Waals surface area contributed by atoms with Gasteiger partial charge in [-0.15, -0.1) is 0 Å². The second kappa shape index (κ2) is 4.68. The Bertz CT molecular complexity index is 611. The van der Waals surface area contributed by atoms with Gasteiger partial charge in [0.2, 0.25) is 5.91 Å². The van der Waals surface area contributed by atoms with Gasteiger partial charge in [0.15, 0.2) is 0 Å². The lowest BCUT2D eigenvalue weighted by Crippen LogP contribution is -2.26. The van der Waals surface area contributed by atoms with Crippen molar-refractivity contribution in [2.75, 3.05) is 0 Å². The highest BCUT2D eigenvalue weighted by atomic mass is 16.1. The van der Waals surface area contributed by atoms with E-state index in [1.165, 1.54) is 0 Å². The molecule has 1 aromatic carbocycles. The van der Waals surface area contributed by atoms with Gasteiger partial charge >= 0.3 is 0 Å². The van der Waals surface area contributed by atoms with E-state index in [9.17, 15) is 4.79 Å². The lowest BCUT2D eigenvalue weighted by Gasteiger charge is -2.08. The number of amides is 1. The Morgan fingerprint density at radius 2 is 2.26 bits per heavy atom. The van der Waals surface area contributed by atoms with E-state index in [1.807, 2.05) is 18.5 Å². The first-order valence-corrected chi connectivity index (χ1v) is 6.88. The van der Waals surface area contributed by atoms with Crippen molar-refractivity contribution in [2.45, 2.75) is 45.2 Å². The average molecular weight is 257 g/mol. The molecule has 1 aromatic heterocycles. The Hall–Kier alpha value is -1.84. The van der Waals surface area contributed by atoms with E-state index in [4.69, 9.17) is 0 Å². The predicted molar refractivity (Wildman–Crippen MR) is 75.0 cm³/mol. The number of nitrogens with one attached hydrogen (secondary N) is 1. The van der Waals surface area contributed by atoms with Crippen molar-refractivity contribution in [1.82, 2.24) is 14.9 Å². The van der Waals surface area contributed by atoms with Crippen LogP contribution in [0.2, 0.25) is 0 Å². The van der Waals surface area contributed by atoms with Crippen LogP contribution < -0.4 is 5.32 Å². The number of carbonyl (C=O) groups is 1. The molecule has 0 atom stereocenters. The SMILES string of the molecule is CC(C)n1cnc2cc(CC(=O)NC3CC3)ccc21. The highest BCUT2D eigenvalue weighted by Crippen LogP contribution is 2.20. The summed E-state index contributed by atoms with van der Waals surface area (Å²) < 4.78 is 2.14. The zero-order chi connectivity index (χ0) is 13.4. The van der Waals surface area contributed by atoms with Crippen LogP contribution in [0.1, 0.15) is 38.3 Å². The van der Waals surface area contributed by atoms with Crippen LogP contribution in [0.5, 0.6) is 0 Å². The van der Waals surface area contributed by atoms with Gasteiger partial charge in [-0.05, 0) is 44.4 Å². The van der Waals surface area contributed by atoms with Gasteiger partial charge in [0.25, 0.3) is 0 Å². The summed E-state index contributed by atoms with van der Waals surface area (Å²) in [6, 6.07) is 6.92. The maximum atomic E-state index is 11.8. The summed E-state index contributed by atoms with van der Waals surface area (Å²) in [4.78, 5) is 16.2. The number of hydrogen-bond donors (Lipinski definition) is 1. The minimum absolute atomic E-state index is 0.116. The van der Waals surface area contributed by atoms with Gasteiger partial charge in [0, 0.05) is 12.1 Å². The molecule has 19 heavy (non-hydrogen) atoms. The van der Waals surface area contributed by atoms with E-state index in [1.54, 1.807) is 0 Å². The number of hydrogen-bond acceptors (Lipinski definition) is 2. The van der Waals surface area contributed by atoms with Crippen LogP contribution in [0.15, 0.2) is 24.5 Å². The van der Waals surface area contributed by atoms with E-state index in [0.717, 1.165) is 29.4 Å². The van der Waals surface area contributed by atoms with E-state index < -0.39 is 0 Å². The number of fused-ring (bicyclic) bond motifs is 1. The van der Waals surface area contributed by atoms with Gasteiger partial charge in [-0.25, -0.2) is 4.98 Å². The zero-order valence-corrected chi connectivity index (χ0v) is 11.4. The van der Waals surface area contributed by atoms with Crippen LogP contribution in [0.3, 0.4) is 0 Å². The van der Waals surface area contributed by atoms with E-state index >= 15 is 0 Å². The predicted octanol–water partition coefficient (Wildman–Crippen LogP) is 2.44. The molecule has 100 valence electrons. The lowest BCUT2D eigenvalue weighted by molar-refractivity contribution is -0.120. The Labute approximate surface area is 112 Å². The molecule has 4 heteroatoms. The number of carbonyl (C=O) groups excluding carboxylic acids is 1. The number of rotatable bonds is 4. The molecule has 1 fully saturated rings. The molecule has 2 aromatic rings. The average Bonchev–Trinajstić information content (AvgIpc) is 3.06. The molecule has 0 spiro atoms. The van der Waals surface area contributed by atoms with Gasteiger partial charge in [-0.2, -0.15) is 0 Å². The van der Waals surface area contributed by atoms with Crippen LogP contribution in [0.4, 0.5) is 0 Å². The zero-order valence-electron chi connectivity index (χ0n) is 11.4. The van der Waals surface area contributed by atoms with Gasteiger partial charge in [0.05, 0.1) is 23.8 Å². The van der Waals surface area contributed by atoms with Crippen LogP contribution in [0, 0.1) is 0 Å². The molecule has 0 bridgehead atoms. The van der Waals surface area contributed by atoms with Crippen LogP contribution in [-0.4, -0.2) is 21.5 Å². The molecule has 0 aliphatic heterocycles. The topological polar surface area (TPSA) is 46.9 Å². The maximum Gasteiger partial charge on any atom is 0.224 e. The Morgan fingerprint density at radius 1 is 1.47 bits per heavy atom. The first-order valence-electron chi connectivity index (χ1n) is 6.88. The maximum absolute atomic E-state index is 11.8. The molecule has 1 saturated carbocycles. The molecule has 3 rings (SSSR count). The molecule has 0 saturated heterocycles. The lowest BCUT2D eigenvalue weighted by atomic mass is 10.1. The Kier molecular flexibility index (Phi) is 3.01. The molecule has 1 heterocycles. The van der Waals surface area contributed by atoms with Gasteiger partial charge in [-0.3, -0.25) is 4.79 Å². The largest absolute Gasteiger partial charge is 0.353 e. The van der Waals surface area contributed by atoms with Crippen LogP contribution in [0.25, 0.3) is 11.0 Å². The van der Waals surface area contributed by atoms with E-state index in [2.05, 4.69) is 34.8 Å². The fourth-order valence-corrected chi connectivity index (χ4v) is 2.29. The number of aromatic nitrogens is 2. The molecule has 1 N–H and O–H groups in total. The molecule has 1 aliphatic rings. The fourth-order valence-electron chi connectivity index (χ4n) is 2.29. The third-order valence-corrected chi connectivity index (χ3v) is 3.50. The smallest absolute Gasteiger partial charge is 0.224 e. The molecular weight excluding hydrogens is 238 g/mol. The summed E-state index contributed by atoms with van der Waals surface area (Å²) in [5, 5.41) is 3.01. The first kappa shape index (κ1) is 12.2. The van der Waals surface area contributed by atoms with Crippen LogP contribution >= 0.6 is 0 Å². The first-order chi connectivity index (χ1) is 9.13. The van der Waals surface area contributed by atoms with Crippen molar-refractivity contribution < 1.29 is 4.79 Å². The third-order valence-electron chi connectivity index (χ3n) is 3.50. The summed E-state index contributed by atoms with van der Waals surface area (Å²) in [6.07, 6.45) is 4.57. The highest BCUT2D eigenvalue weighted by Gasteiger charge is 2.23. The molecule has 1 aliphatic carbocycles. The number of benzene rings is 1. The van der Waals surface area contributed by atoms with Gasteiger partial charge in [-0.1, -0.05) is 6.07 Å². The summed E-state index contributed by atoms with van der Waals surface area (Å²) in [6.45, 7) is 4.27. The molecule has 1 amide bonds. The summed E-state index contributed by atoms with van der Waals surface area (Å²) in [7, 11) is 0. The molecule has 0 unspecified atom stereocenters. The van der Waals surface area contributed by atoms with Crippen molar-refractivity contribution in [1.29, 1.82) is 0 Å². The standard InChI is InChI=1S/C15H19N3O/c1-10(2)18-9-16-13-7-11(3-6-14(13)18)8-15(19)17-12-4-5-12/h3,6-7,9-10,12H,4-5,8H2,1-2H3,(H,17,19). The monoisotopic (exact) mass is 257 g/mol. The highest BCUT2D eigenvalue weighted by molar-refractivity contribution is 5.82. The van der Waals surface area contributed by atoms with Crippen molar-refractivity contribution in [3.63, 3.8) is 0 Å². The Balaban J connectivity index is 1.79. The normalized spacial score (nSPS) is 15.1. The molecular formula is C15H19N3O. The van der Waals surface area contributed by atoms with Gasteiger partial charge in [0.1, 0.15) is 0 Å². The summed E-state index contributed by atoms with van der Waals surface area (Å²) in [5.74, 6) is 0.116. The second-order valence-electron chi connectivity index (χ2n) is 5.59. The summed E-state index contributed by atoms with van der Waals surface area (Å²) in [5.41, 5.74) is 3.12. The van der Waals surface area contributed by atoms with E-state index in [-0.39, 0.29) is 5.91 Å². The number of nitrogens with zero attached hydrogens (tertiary/aromatic N) is 2. The minimum Gasteiger partial charge on any atom is -0.353 e. The van der Waals surface area contributed by atoms with Crippen molar-refractivity contribution in [3.05, 3.63) is 30.1 Å². The van der Waals surface area contributed by atoms with E-state index in [0.29, 0.717) is 18.5 Å². The number of imidazole rings is 1. The van der Waals surface area contributed by atoms with Gasteiger partial charge < -0.3 is 9.88 Å². The molecule has 4 nitrogen and oxygen atoms in total. The second-order valence-corrected chi connectivity index (χ2v) is 5.59. The molecule has 0 radical (unpaired) electrons. The van der Waals surface area contributed by atoms with Crippen LogP contribution in [-0.2, 0) is 11.2 Å². The van der Waals surface area contributed by atoms with Crippen molar-refractivity contribution >= 4 is 16.9 Å². The minimum atomic E-state index is 0.116. The fraction of sp³-hybridized carbons (Fsp3) is 0.467. The summed E-state index contributed by atoms with van der Waals surface area (Å²) >= 11 is 0. The van der Waals surface area contributed by atoms with Crippen molar-refractivity contribution in [3.8, 4) is 0 Å². The quantitative estimate of drug-likeness (QED) is 0.914. The van der Waals surface area contributed by atoms with Crippen molar-refractivity contribution in [2.24, 2.45) is 0 Å².